The zero-order valence-electron chi connectivity index (χ0n) is 9.24. The van der Waals surface area contributed by atoms with Crippen LogP contribution in [0.2, 0.25) is 0 Å². The van der Waals surface area contributed by atoms with E-state index in [1.165, 1.54) is 6.07 Å². The smallest absolute Gasteiger partial charge is 0.160 e. The van der Waals surface area contributed by atoms with Crippen molar-refractivity contribution >= 4 is 11.5 Å². The minimum absolute atomic E-state index is 0.402. The van der Waals surface area contributed by atoms with E-state index < -0.39 is 11.6 Å². The van der Waals surface area contributed by atoms with Gasteiger partial charge in [-0.3, -0.25) is 5.10 Å². The molecule has 0 fully saturated rings. The van der Waals surface area contributed by atoms with Crippen molar-refractivity contribution in [3.63, 3.8) is 0 Å². The third kappa shape index (κ3) is 2.52. The summed E-state index contributed by atoms with van der Waals surface area (Å²) in [6.45, 7) is 0.481. The molecule has 0 aliphatic heterocycles. The van der Waals surface area contributed by atoms with Crippen LogP contribution in [0.25, 0.3) is 0 Å². The first-order chi connectivity index (χ1) is 8.06. The zero-order valence-corrected chi connectivity index (χ0v) is 9.24. The topological polar surface area (TPSA) is 57.9 Å². The molecule has 0 saturated carbocycles. The van der Waals surface area contributed by atoms with Crippen LogP contribution in [0, 0.1) is 11.6 Å². The van der Waals surface area contributed by atoms with Gasteiger partial charge in [0.15, 0.2) is 11.6 Å². The summed E-state index contributed by atoms with van der Waals surface area (Å²) in [6, 6.07) is 5.45. The van der Waals surface area contributed by atoms with Crippen molar-refractivity contribution in [2.24, 2.45) is 0 Å². The molecule has 6 heteroatoms. The van der Waals surface area contributed by atoms with Gasteiger partial charge in [0.25, 0.3) is 0 Å². The summed E-state index contributed by atoms with van der Waals surface area (Å²) in [6.07, 6.45) is 0. The van der Waals surface area contributed by atoms with Crippen molar-refractivity contribution in [3.05, 3.63) is 41.6 Å². The first-order valence-electron chi connectivity index (χ1n) is 5.02. The number of nitrogen functional groups attached to an aromatic ring is 1. The Kier molecular flexibility index (Phi) is 2.95. The van der Waals surface area contributed by atoms with Crippen LogP contribution in [0.15, 0.2) is 24.3 Å². The van der Waals surface area contributed by atoms with Crippen LogP contribution in [0.4, 0.5) is 20.3 Å². The highest BCUT2D eigenvalue weighted by Gasteiger charge is 2.08. The van der Waals surface area contributed by atoms with Gasteiger partial charge < -0.3 is 10.6 Å². The van der Waals surface area contributed by atoms with Gasteiger partial charge in [0.1, 0.15) is 5.82 Å². The third-order valence-electron chi connectivity index (χ3n) is 2.40. The van der Waals surface area contributed by atoms with Gasteiger partial charge in [0.05, 0.1) is 12.2 Å². The molecule has 0 aliphatic rings. The maximum atomic E-state index is 13.0. The van der Waals surface area contributed by atoms with Gasteiger partial charge >= 0.3 is 0 Å². The van der Waals surface area contributed by atoms with Crippen LogP contribution in [0.1, 0.15) is 5.69 Å². The second kappa shape index (κ2) is 4.40. The third-order valence-corrected chi connectivity index (χ3v) is 2.40. The highest BCUT2D eigenvalue weighted by atomic mass is 19.2. The van der Waals surface area contributed by atoms with E-state index in [0.717, 1.165) is 17.8 Å². The number of nitrogens with one attached hydrogen (secondary N) is 1. The average Bonchev–Trinajstić information content (AvgIpc) is 2.68. The summed E-state index contributed by atoms with van der Waals surface area (Å²) < 4.78 is 25.8. The van der Waals surface area contributed by atoms with Crippen molar-refractivity contribution in [2.75, 3.05) is 17.7 Å². The summed E-state index contributed by atoms with van der Waals surface area (Å²) in [5.74, 6) is -1.31. The molecule has 0 bridgehead atoms. The van der Waals surface area contributed by atoms with Gasteiger partial charge in [-0.15, -0.1) is 0 Å². The zero-order chi connectivity index (χ0) is 12.4. The Morgan fingerprint density at radius 3 is 2.65 bits per heavy atom. The molecule has 0 aliphatic carbocycles. The predicted molar refractivity (Wildman–Crippen MR) is 61.5 cm³/mol. The van der Waals surface area contributed by atoms with E-state index in [1.54, 1.807) is 18.0 Å². The van der Waals surface area contributed by atoms with Gasteiger partial charge in [-0.1, -0.05) is 0 Å². The molecule has 1 aromatic heterocycles. The molecule has 1 heterocycles. The lowest BCUT2D eigenvalue weighted by molar-refractivity contribution is 0.508. The lowest BCUT2D eigenvalue weighted by atomic mass is 10.2. The van der Waals surface area contributed by atoms with Crippen molar-refractivity contribution in [2.45, 2.75) is 6.54 Å². The summed E-state index contributed by atoms with van der Waals surface area (Å²) >= 11 is 0. The maximum Gasteiger partial charge on any atom is 0.160 e. The van der Waals surface area contributed by atoms with Gasteiger partial charge in [-0.05, 0) is 12.1 Å². The molecule has 0 amide bonds. The number of anilines is 2. The Balaban J connectivity index is 2.14. The molecule has 0 saturated heterocycles. The Bertz CT molecular complexity index is 524. The summed E-state index contributed by atoms with van der Waals surface area (Å²) in [5.41, 5.74) is 6.85. The number of H-pyrrole nitrogens is 1. The molecular weight excluding hydrogens is 226 g/mol. The number of halogens is 2. The van der Waals surface area contributed by atoms with Crippen molar-refractivity contribution in [1.29, 1.82) is 0 Å². The average molecular weight is 238 g/mol. The van der Waals surface area contributed by atoms with Crippen molar-refractivity contribution in [1.82, 2.24) is 10.2 Å². The standard InChI is InChI=1S/C11H12F2N4/c1-17(6-7-4-11(14)16-15-7)8-2-3-9(12)10(13)5-8/h2-5H,6H2,1H3,(H3,14,15,16). The van der Waals surface area contributed by atoms with Crippen LogP contribution in [0.5, 0.6) is 0 Å². The SMILES string of the molecule is CN(Cc1cc(N)n[nH]1)c1ccc(F)c(F)c1. The normalized spacial score (nSPS) is 10.5. The summed E-state index contributed by atoms with van der Waals surface area (Å²) in [7, 11) is 1.77. The molecule has 1 aromatic carbocycles. The number of nitrogens with zero attached hydrogens (tertiary/aromatic N) is 2. The van der Waals surface area contributed by atoms with Gasteiger partial charge in [-0.2, -0.15) is 5.10 Å². The van der Waals surface area contributed by atoms with E-state index >= 15 is 0 Å². The number of aromatic nitrogens is 2. The van der Waals surface area contributed by atoms with Crippen molar-refractivity contribution in [3.8, 4) is 0 Å². The van der Waals surface area contributed by atoms with E-state index in [-0.39, 0.29) is 0 Å². The molecular formula is C11H12F2N4. The van der Waals surface area contributed by atoms with Crippen LogP contribution < -0.4 is 10.6 Å². The summed E-state index contributed by atoms with van der Waals surface area (Å²) in [5, 5.41) is 6.53. The Hall–Kier alpha value is -2.11. The van der Waals surface area contributed by atoms with E-state index in [0.29, 0.717) is 18.1 Å². The van der Waals surface area contributed by atoms with Crippen LogP contribution >= 0.6 is 0 Å². The van der Waals surface area contributed by atoms with Gasteiger partial charge in [0.2, 0.25) is 0 Å². The Morgan fingerprint density at radius 2 is 2.06 bits per heavy atom. The Morgan fingerprint density at radius 1 is 1.29 bits per heavy atom. The molecule has 0 atom stereocenters. The molecule has 17 heavy (non-hydrogen) atoms. The molecule has 4 nitrogen and oxygen atoms in total. The lowest BCUT2D eigenvalue weighted by Crippen LogP contribution is -2.16. The number of aromatic amines is 1. The monoisotopic (exact) mass is 238 g/mol. The lowest BCUT2D eigenvalue weighted by Gasteiger charge is -2.18. The number of hydrogen-bond acceptors (Lipinski definition) is 3. The maximum absolute atomic E-state index is 13.0. The molecule has 2 aromatic rings. The molecule has 0 unspecified atom stereocenters. The number of benzene rings is 1. The fourth-order valence-corrected chi connectivity index (χ4v) is 1.53. The molecule has 3 N–H and O–H groups in total. The summed E-state index contributed by atoms with van der Waals surface area (Å²) in [4.78, 5) is 1.76. The van der Waals surface area contributed by atoms with Gasteiger partial charge in [-0.25, -0.2) is 8.78 Å². The second-order valence-electron chi connectivity index (χ2n) is 3.77. The molecule has 90 valence electrons. The van der Waals surface area contributed by atoms with Crippen LogP contribution in [0.3, 0.4) is 0 Å². The van der Waals surface area contributed by atoms with Crippen LogP contribution in [-0.4, -0.2) is 17.2 Å². The highest BCUT2D eigenvalue weighted by Crippen LogP contribution is 2.18. The molecule has 0 spiro atoms. The minimum Gasteiger partial charge on any atom is -0.382 e. The first kappa shape index (κ1) is 11.4. The van der Waals surface area contributed by atoms with Crippen molar-refractivity contribution < 1.29 is 8.78 Å². The van der Waals surface area contributed by atoms with E-state index in [4.69, 9.17) is 5.73 Å². The quantitative estimate of drug-likeness (QED) is 0.858. The highest BCUT2D eigenvalue weighted by molar-refractivity contribution is 5.46. The predicted octanol–water partition coefficient (Wildman–Crippen LogP) is 1.91. The molecule has 2 rings (SSSR count). The number of nitrogens with two attached hydrogens (primary N) is 1. The first-order valence-corrected chi connectivity index (χ1v) is 5.02. The van der Waals surface area contributed by atoms with E-state index in [9.17, 15) is 8.78 Å². The minimum atomic E-state index is -0.863. The number of rotatable bonds is 3. The molecule has 0 radical (unpaired) electrons. The van der Waals surface area contributed by atoms with Crippen LogP contribution in [-0.2, 0) is 6.54 Å². The second-order valence-corrected chi connectivity index (χ2v) is 3.77. The number of hydrogen-bond donors (Lipinski definition) is 2. The van der Waals surface area contributed by atoms with E-state index in [2.05, 4.69) is 10.2 Å². The Labute approximate surface area is 97.0 Å². The fourth-order valence-electron chi connectivity index (χ4n) is 1.53. The van der Waals surface area contributed by atoms with E-state index in [1.807, 2.05) is 0 Å². The van der Waals surface area contributed by atoms with Gasteiger partial charge in [0, 0.05) is 24.9 Å². The largest absolute Gasteiger partial charge is 0.382 e. The fraction of sp³-hybridized carbons (Fsp3) is 0.182.